The number of carbonyl (C=O) groups excluding carboxylic acids is 1. The largest absolute Gasteiger partial charge is 0.359 e. The topological polar surface area (TPSA) is 66.9 Å². The molecule has 0 spiro atoms. The van der Waals surface area contributed by atoms with E-state index < -0.39 is 0 Å². The first-order valence-corrected chi connectivity index (χ1v) is 4.31. The van der Waals surface area contributed by atoms with Gasteiger partial charge >= 0.3 is 0 Å². The Labute approximate surface area is 74.4 Å². The number of rotatable bonds is 4. The maximum absolute atomic E-state index is 10.4. The highest BCUT2D eigenvalue weighted by atomic mass is 32.1. The van der Waals surface area contributed by atoms with Gasteiger partial charge in [0.15, 0.2) is 0 Å². The molecule has 1 heterocycles. The molecule has 1 rings (SSSR count). The zero-order valence-electron chi connectivity index (χ0n) is 6.70. The minimum absolute atomic E-state index is 0.0194. The lowest BCUT2D eigenvalue weighted by Gasteiger charge is -2.01. The maximum atomic E-state index is 10.4. The van der Waals surface area contributed by atoms with Crippen molar-refractivity contribution < 1.29 is 4.79 Å². The first-order chi connectivity index (χ1) is 5.79. The van der Waals surface area contributed by atoms with Gasteiger partial charge in [-0.05, 0) is 0 Å². The quantitative estimate of drug-likeness (QED) is 0.654. The molecule has 6 heteroatoms. The molecule has 0 saturated carbocycles. The van der Waals surface area contributed by atoms with Crippen LogP contribution in [0.15, 0.2) is 6.33 Å². The SMILES string of the molecule is CC(=O)NCCNc1ncns1. The van der Waals surface area contributed by atoms with E-state index in [1.54, 1.807) is 0 Å². The zero-order valence-corrected chi connectivity index (χ0v) is 7.52. The fourth-order valence-electron chi connectivity index (χ4n) is 0.659. The van der Waals surface area contributed by atoms with Gasteiger partial charge in [-0.1, -0.05) is 0 Å². The second-order valence-electron chi connectivity index (χ2n) is 2.16. The average Bonchev–Trinajstić information content (AvgIpc) is 2.49. The summed E-state index contributed by atoms with van der Waals surface area (Å²) >= 11 is 1.30. The molecule has 1 amide bonds. The van der Waals surface area contributed by atoms with Crippen LogP contribution in [-0.2, 0) is 4.79 Å². The molecule has 12 heavy (non-hydrogen) atoms. The molecular formula is C6H10N4OS. The Hall–Kier alpha value is -1.17. The Morgan fingerprint density at radius 2 is 2.50 bits per heavy atom. The van der Waals surface area contributed by atoms with Crippen molar-refractivity contribution in [2.24, 2.45) is 0 Å². The number of nitrogens with one attached hydrogen (secondary N) is 2. The van der Waals surface area contributed by atoms with Crippen molar-refractivity contribution in [3.63, 3.8) is 0 Å². The predicted molar refractivity (Wildman–Crippen MR) is 47.1 cm³/mol. The number of anilines is 1. The molecule has 0 saturated heterocycles. The highest BCUT2D eigenvalue weighted by Gasteiger charge is 1.93. The minimum Gasteiger partial charge on any atom is -0.359 e. The molecule has 0 aromatic carbocycles. The Morgan fingerprint density at radius 3 is 3.08 bits per heavy atom. The fourth-order valence-corrected chi connectivity index (χ4v) is 1.11. The number of hydrogen-bond acceptors (Lipinski definition) is 5. The van der Waals surface area contributed by atoms with Gasteiger partial charge in [0.1, 0.15) is 6.33 Å². The normalized spacial score (nSPS) is 9.42. The van der Waals surface area contributed by atoms with Gasteiger partial charge in [-0.3, -0.25) is 4.79 Å². The van der Waals surface area contributed by atoms with E-state index in [1.165, 1.54) is 24.8 Å². The number of hydrogen-bond donors (Lipinski definition) is 2. The van der Waals surface area contributed by atoms with Crippen molar-refractivity contribution in [3.05, 3.63) is 6.33 Å². The second kappa shape index (κ2) is 4.66. The van der Waals surface area contributed by atoms with Crippen molar-refractivity contribution >= 4 is 22.6 Å². The predicted octanol–water partition coefficient (Wildman–Crippen LogP) is 0.0861. The standard InChI is InChI=1S/C6H10N4OS/c1-5(11)7-2-3-8-6-9-4-10-12-6/h4H,2-3H2,1H3,(H,7,11)(H,8,9,10). The van der Waals surface area contributed by atoms with Crippen LogP contribution in [0.1, 0.15) is 6.92 Å². The van der Waals surface area contributed by atoms with E-state index in [2.05, 4.69) is 20.0 Å². The molecule has 0 atom stereocenters. The molecular weight excluding hydrogens is 176 g/mol. The van der Waals surface area contributed by atoms with Crippen LogP contribution in [-0.4, -0.2) is 28.4 Å². The number of carbonyl (C=O) groups is 1. The van der Waals surface area contributed by atoms with Crippen molar-refractivity contribution in [3.8, 4) is 0 Å². The van der Waals surface area contributed by atoms with Crippen LogP contribution in [0.3, 0.4) is 0 Å². The van der Waals surface area contributed by atoms with Crippen molar-refractivity contribution in [1.29, 1.82) is 0 Å². The molecule has 1 aromatic rings. The van der Waals surface area contributed by atoms with E-state index in [9.17, 15) is 4.79 Å². The van der Waals surface area contributed by atoms with E-state index in [-0.39, 0.29) is 5.91 Å². The number of aromatic nitrogens is 2. The first kappa shape index (κ1) is 8.92. The van der Waals surface area contributed by atoms with Crippen LogP contribution in [0.4, 0.5) is 5.13 Å². The van der Waals surface area contributed by atoms with Gasteiger partial charge in [-0.25, -0.2) is 4.98 Å². The monoisotopic (exact) mass is 186 g/mol. The first-order valence-electron chi connectivity index (χ1n) is 3.54. The third kappa shape index (κ3) is 3.29. The molecule has 0 aliphatic rings. The highest BCUT2D eigenvalue weighted by molar-refractivity contribution is 7.09. The molecule has 0 bridgehead atoms. The average molecular weight is 186 g/mol. The van der Waals surface area contributed by atoms with Gasteiger partial charge in [0.2, 0.25) is 11.0 Å². The summed E-state index contributed by atoms with van der Waals surface area (Å²) in [6.07, 6.45) is 1.49. The minimum atomic E-state index is -0.0194. The van der Waals surface area contributed by atoms with Crippen molar-refractivity contribution in [2.75, 3.05) is 18.4 Å². The van der Waals surface area contributed by atoms with Crippen LogP contribution in [0.2, 0.25) is 0 Å². The van der Waals surface area contributed by atoms with Crippen molar-refractivity contribution in [2.45, 2.75) is 6.92 Å². The Bertz CT molecular complexity index is 236. The van der Waals surface area contributed by atoms with Gasteiger partial charge < -0.3 is 10.6 Å². The summed E-state index contributed by atoms with van der Waals surface area (Å²) in [6.45, 7) is 2.77. The molecule has 1 aromatic heterocycles. The lowest BCUT2D eigenvalue weighted by atomic mass is 10.6. The van der Waals surface area contributed by atoms with Crippen LogP contribution in [0, 0.1) is 0 Å². The lowest BCUT2D eigenvalue weighted by molar-refractivity contribution is -0.118. The van der Waals surface area contributed by atoms with Gasteiger partial charge in [-0.15, -0.1) is 0 Å². The lowest BCUT2D eigenvalue weighted by Crippen LogP contribution is -2.26. The summed E-state index contributed by atoms with van der Waals surface area (Å²) < 4.78 is 3.82. The third-order valence-corrected chi connectivity index (χ3v) is 1.76. The number of nitrogens with zero attached hydrogens (tertiary/aromatic N) is 2. The summed E-state index contributed by atoms with van der Waals surface area (Å²) in [7, 11) is 0. The van der Waals surface area contributed by atoms with E-state index in [4.69, 9.17) is 0 Å². The Kier molecular flexibility index (Phi) is 3.46. The molecule has 5 nitrogen and oxygen atoms in total. The Balaban J connectivity index is 2.07. The molecule has 66 valence electrons. The van der Waals surface area contributed by atoms with Crippen LogP contribution < -0.4 is 10.6 Å². The summed E-state index contributed by atoms with van der Waals surface area (Å²) in [6, 6.07) is 0. The van der Waals surface area contributed by atoms with Crippen LogP contribution in [0.5, 0.6) is 0 Å². The van der Waals surface area contributed by atoms with E-state index in [0.717, 1.165) is 5.13 Å². The fraction of sp³-hybridized carbons (Fsp3) is 0.500. The molecule has 0 unspecified atom stereocenters. The molecule has 2 N–H and O–H groups in total. The smallest absolute Gasteiger partial charge is 0.216 e. The van der Waals surface area contributed by atoms with E-state index in [1.807, 2.05) is 0 Å². The van der Waals surface area contributed by atoms with Gasteiger partial charge in [0, 0.05) is 31.5 Å². The molecule has 0 fully saturated rings. The number of amides is 1. The zero-order chi connectivity index (χ0) is 8.81. The molecule has 0 radical (unpaired) electrons. The molecule has 0 aliphatic heterocycles. The van der Waals surface area contributed by atoms with Crippen molar-refractivity contribution in [1.82, 2.24) is 14.7 Å². The van der Waals surface area contributed by atoms with Gasteiger partial charge in [-0.2, -0.15) is 4.37 Å². The third-order valence-electron chi connectivity index (χ3n) is 1.14. The Morgan fingerprint density at radius 1 is 1.67 bits per heavy atom. The van der Waals surface area contributed by atoms with Gasteiger partial charge in [0.25, 0.3) is 0 Å². The maximum Gasteiger partial charge on any atom is 0.216 e. The van der Waals surface area contributed by atoms with Crippen LogP contribution in [0.25, 0.3) is 0 Å². The second-order valence-corrected chi connectivity index (χ2v) is 2.94. The summed E-state index contributed by atoms with van der Waals surface area (Å²) in [5.41, 5.74) is 0. The molecule has 0 aliphatic carbocycles. The highest BCUT2D eigenvalue weighted by Crippen LogP contribution is 2.04. The van der Waals surface area contributed by atoms with Crippen LogP contribution >= 0.6 is 11.5 Å². The van der Waals surface area contributed by atoms with E-state index >= 15 is 0 Å². The summed E-state index contributed by atoms with van der Waals surface area (Å²) in [5.74, 6) is -0.0194. The summed E-state index contributed by atoms with van der Waals surface area (Å²) in [5, 5.41) is 6.45. The van der Waals surface area contributed by atoms with E-state index in [0.29, 0.717) is 13.1 Å². The van der Waals surface area contributed by atoms with Gasteiger partial charge in [0.05, 0.1) is 0 Å². The summed E-state index contributed by atoms with van der Waals surface area (Å²) in [4.78, 5) is 14.4.